The molecule has 70 valence electrons. The monoisotopic (exact) mass is 180 g/mol. The van der Waals surface area contributed by atoms with Crippen molar-refractivity contribution in [1.29, 1.82) is 0 Å². The molecule has 0 bridgehead atoms. The van der Waals surface area contributed by atoms with E-state index in [1.54, 1.807) is 19.1 Å². The largest absolute Gasteiger partial charge is 0.504 e. The molecule has 0 fully saturated rings. The quantitative estimate of drug-likeness (QED) is 0.720. The van der Waals surface area contributed by atoms with Crippen molar-refractivity contribution in [3.05, 3.63) is 23.8 Å². The minimum absolute atomic E-state index is 0.0874. The number of phenolic OH excluding ortho intramolecular Hbond substituents is 1. The van der Waals surface area contributed by atoms with Crippen LogP contribution in [0.2, 0.25) is 0 Å². The lowest BCUT2D eigenvalue weighted by Gasteiger charge is -2.07. The summed E-state index contributed by atoms with van der Waals surface area (Å²) < 4.78 is 4.91. The lowest BCUT2D eigenvalue weighted by atomic mass is 10.0. The normalized spacial score (nSPS) is 12.2. The van der Waals surface area contributed by atoms with E-state index in [1.807, 2.05) is 0 Å². The molecule has 0 radical (unpaired) electrons. The smallest absolute Gasteiger partial charge is 0.160 e. The number of aldehydes is 1. The summed E-state index contributed by atoms with van der Waals surface area (Å²) in [5.41, 5.74) is 0.838. The van der Waals surface area contributed by atoms with Crippen LogP contribution in [0.4, 0.5) is 0 Å². The van der Waals surface area contributed by atoms with Crippen LogP contribution in [0.5, 0.6) is 11.5 Å². The number of carbonyl (C=O) groups excluding carboxylic acids is 1. The van der Waals surface area contributed by atoms with Gasteiger partial charge in [-0.1, -0.05) is 13.0 Å². The molecule has 1 aromatic rings. The molecule has 0 aliphatic carbocycles. The Morgan fingerprint density at radius 1 is 1.54 bits per heavy atom. The van der Waals surface area contributed by atoms with Gasteiger partial charge < -0.3 is 14.6 Å². The molecule has 1 N–H and O–H groups in total. The second-order valence-electron chi connectivity index (χ2n) is 2.86. The van der Waals surface area contributed by atoms with Crippen LogP contribution in [-0.4, -0.2) is 18.5 Å². The Kier molecular flexibility index (Phi) is 2.90. The van der Waals surface area contributed by atoms with Crippen molar-refractivity contribution in [2.45, 2.75) is 12.8 Å². The fourth-order valence-corrected chi connectivity index (χ4v) is 1.06. The molecule has 0 aliphatic heterocycles. The highest BCUT2D eigenvalue weighted by atomic mass is 16.5. The van der Waals surface area contributed by atoms with Crippen molar-refractivity contribution in [2.24, 2.45) is 0 Å². The molecular formula is C10H12O3. The van der Waals surface area contributed by atoms with Gasteiger partial charge in [-0.05, 0) is 17.7 Å². The van der Waals surface area contributed by atoms with Gasteiger partial charge in [0.1, 0.15) is 6.29 Å². The summed E-state index contributed by atoms with van der Waals surface area (Å²) in [6.07, 6.45) is 0.853. The standard InChI is InChI=1S/C10H12O3/c1-7(6-11)8-3-4-9(12)10(5-8)13-2/h3-7,12H,1-2H3. The SMILES string of the molecule is COc1cc(C(C)C=O)ccc1O. The number of ether oxygens (including phenoxy) is 1. The summed E-state index contributed by atoms with van der Waals surface area (Å²) >= 11 is 0. The Morgan fingerprint density at radius 3 is 2.77 bits per heavy atom. The maximum Gasteiger partial charge on any atom is 0.160 e. The van der Waals surface area contributed by atoms with E-state index >= 15 is 0 Å². The van der Waals surface area contributed by atoms with Crippen LogP contribution in [0.1, 0.15) is 18.4 Å². The molecular weight excluding hydrogens is 168 g/mol. The summed E-state index contributed by atoms with van der Waals surface area (Å²) in [4.78, 5) is 10.5. The number of hydrogen-bond donors (Lipinski definition) is 1. The highest BCUT2D eigenvalue weighted by Crippen LogP contribution is 2.28. The third-order valence-corrected chi connectivity index (χ3v) is 1.93. The molecule has 3 heteroatoms. The van der Waals surface area contributed by atoms with Crippen LogP contribution in [-0.2, 0) is 4.79 Å². The van der Waals surface area contributed by atoms with Crippen LogP contribution in [0.15, 0.2) is 18.2 Å². The zero-order valence-corrected chi connectivity index (χ0v) is 7.65. The number of carbonyl (C=O) groups is 1. The Bertz CT molecular complexity index is 307. The summed E-state index contributed by atoms with van der Waals surface area (Å²) in [5.74, 6) is 0.310. The molecule has 3 nitrogen and oxygen atoms in total. The van der Waals surface area contributed by atoms with Crippen molar-refractivity contribution in [3.8, 4) is 11.5 Å². The van der Waals surface area contributed by atoms with Gasteiger partial charge in [0.25, 0.3) is 0 Å². The number of methoxy groups -OCH3 is 1. The molecule has 0 heterocycles. The molecule has 1 unspecified atom stereocenters. The minimum Gasteiger partial charge on any atom is -0.504 e. The van der Waals surface area contributed by atoms with Gasteiger partial charge in [0.05, 0.1) is 7.11 Å². The molecule has 13 heavy (non-hydrogen) atoms. The zero-order chi connectivity index (χ0) is 9.84. The van der Waals surface area contributed by atoms with Crippen LogP contribution >= 0.6 is 0 Å². The third-order valence-electron chi connectivity index (χ3n) is 1.93. The predicted octanol–water partition coefficient (Wildman–Crippen LogP) is 1.70. The summed E-state index contributed by atoms with van der Waals surface area (Å²) in [6.45, 7) is 1.79. The lowest BCUT2D eigenvalue weighted by molar-refractivity contribution is -0.108. The van der Waals surface area contributed by atoms with E-state index in [9.17, 15) is 9.90 Å². The minimum atomic E-state index is -0.172. The molecule has 0 aliphatic rings. The second kappa shape index (κ2) is 3.94. The topological polar surface area (TPSA) is 46.5 Å². The van der Waals surface area contributed by atoms with E-state index in [1.165, 1.54) is 13.2 Å². The van der Waals surface area contributed by atoms with Crippen LogP contribution in [0.25, 0.3) is 0 Å². The van der Waals surface area contributed by atoms with Gasteiger partial charge in [0, 0.05) is 5.92 Å². The summed E-state index contributed by atoms with van der Waals surface area (Å²) in [5, 5.41) is 9.28. The maximum atomic E-state index is 10.5. The average Bonchev–Trinajstić information content (AvgIpc) is 2.17. The number of rotatable bonds is 3. The van der Waals surface area contributed by atoms with Gasteiger partial charge in [-0.25, -0.2) is 0 Å². The molecule has 0 amide bonds. The van der Waals surface area contributed by atoms with E-state index in [0.717, 1.165) is 11.8 Å². The van der Waals surface area contributed by atoms with Crippen LogP contribution in [0.3, 0.4) is 0 Å². The Balaban J connectivity index is 3.05. The number of benzene rings is 1. The fourth-order valence-electron chi connectivity index (χ4n) is 1.06. The van der Waals surface area contributed by atoms with Gasteiger partial charge in [-0.15, -0.1) is 0 Å². The molecule has 0 saturated carbocycles. The summed E-state index contributed by atoms with van der Waals surface area (Å²) in [7, 11) is 1.48. The van der Waals surface area contributed by atoms with E-state index in [0.29, 0.717) is 5.75 Å². The van der Waals surface area contributed by atoms with Crippen molar-refractivity contribution in [3.63, 3.8) is 0 Å². The molecule has 0 spiro atoms. The Morgan fingerprint density at radius 2 is 2.23 bits per heavy atom. The fraction of sp³-hybridized carbons (Fsp3) is 0.300. The molecule has 0 aromatic heterocycles. The first-order valence-corrected chi connectivity index (χ1v) is 4.01. The van der Waals surface area contributed by atoms with E-state index in [4.69, 9.17) is 4.74 Å². The number of aromatic hydroxyl groups is 1. The van der Waals surface area contributed by atoms with Crippen LogP contribution < -0.4 is 4.74 Å². The van der Waals surface area contributed by atoms with E-state index in [-0.39, 0.29) is 11.7 Å². The van der Waals surface area contributed by atoms with Gasteiger partial charge in [0.2, 0.25) is 0 Å². The zero-order valence-electron chi connectivity index (χ0n) is 7.65. The molecule has 1 aromatic carbocycles. The average molecular weight is 180 g/mol. The van der Waals surface area contributed by atoms with Crippen molar-refractivity contribution in [1.82, 2.24) is 0 Å². The van der Waals surface area contributed by atoms with Crippen molar-refractivity contribution < 1.29 is 14.6 Å². The number of phenols is 1. The highest BCUT2D eigenvalue weighted by molar-refractivity contribution is 5.62. The van der Waals surface area contributed by atoms with Gasteiger partial charge in [-0.3, -0.25) is 0 Å². The second-order valence-corrected chi connectivity index (χ2v) is 2.86. The highest BCUT2D eigenvalue weighted by Gasteiger charge is 2.07. The first-order chi connectivity index (χ1) is 6.19. The third kappa shape index (κ3) is 1.99. The lowest BCUT2D eigenvalue weighted by Crippen LogP contribution is -1.95. The Hall–Kier alpha value is -1.51. The van der Waals surface area contributed by atoms with Crippen molar-refractivity contribution >= 4 is 6.29 Å². The van der Waals surface area contributed by atoms with Gasteiger partial charge in [0.15, 0.2) is 11.5 Å². The molecule has 1 rings (SSSR count). The first kappa shape index (κ1) is 9.58. The Labute approximate surface area is 77.0 Å². The number of hydrogen-bond acceptors (Lipinski definition) is 3. The van der Waals surface area contributed by atoms with Crippen LogP contribution in [0, 0.1) is 0 Å². The van der Waals surface area contributed by atoms with Gasteiger partial charge >= 0.3 is 0 Å². The van der Waals surface area contributed by atoms with Crippen molar-refractivity contribution in [2.75, 3.05) is 7.11 Å². The van der Waals surface area contributed by atoms with E-state index < -0.39 is 0 Å². The molecule has 1 atom stereocenters. The first-order valence-electron chi connectivity index (χ1n) is 4.01. The predicted molar refractivity (Wildman–Crippen MR) is 49.1 cm³/mol. The summed E-state index contributed by atoms with van der Waals surface area (Å²) in [6, 6.07) is 4.89. The van der Waals surface area contributed by atoms with Gasteiger partial charge in [-0.2, -0.15) is 0 Å². The maximum absolute atomic E-state index is 10.5. The van der Waals surface area contributed by atoms with E-state index in [2.05, 4.69) is 0 Å². The molecule has 0 saturated heterocycles.